The van der Waals surface area contributed by atoms with E-state index in [1.54, 1.807) is 6.08 Å². The van der Waals surface area contributed by atoms with Crippen LogP contribution < -0.4 is 5.32 Å². The van der Waals surface area contributed by atoms with Crippen LogP contribution in [0.25, 0.3) is 0 Å². The maximum atomic E-state index is 13.1. The van der Waals surface area contributed by atoms with Crippen LogP contribution in [0.3, 0.4) is 0 Å². The molecular formula is C65H123NO8. The maximum absolute atomic E-state index is 13.1. The van der Waals surface area contributed by atoms with Gasteiger partial charge in [-0.25, -0.2) is 0 Å². The van der Waals surface area contributed by atoms with Crippen molar-refractivity contribution in [1.29, 1.82) is 0 Å². The molecule has 1 heterocycles. The van der Waals surface area contributed by atoms with Crippen LogP contribution >= 0.6 is 0 Å². The van der Waals surface area contributed by atoms with Gasteiger partial charge >= 0.3 is 0 Å². The Morgan fingerprint density at radius 3 is 1.14 bits per heavy atom. The van der Waals surface area contributed by atoms with E-state index in [4.69, 9.17) is 9.47 Å². The van der Waals surface area contributed by atoms with Gasteiger partial charge in [-0.15, -0.1) is 0 Å². The number of amides is 1. The van der Waals surface area contributed by atoms with Crippen molar-refractivity contribution in [2.75, 3.05) is 13.2 Å². The van der Waals surface area contributed by atoms with Crippen molar-refractivity contribution in [3.05, 3.63) is 36.5 Å². The summed E-state index contributed by atoms with van der Waals surface area (Å²) in [6, 6.07) is -0.821. The Hall–Kier alpha value is -1.59. The summed E-state index contributed by atoms with van der Waals surface area (Å²) >= 11 is 0. The minimum absolute atomic E-state index is 0.182. The highest BCUT2D eigenvalue weighted by molar-refractivity contribution is 5.76. The second kappa shape index (κ2) is 54.8. The zero-order chi connectivity index (χ0) is 53.6. The molecule has 0 radical (unpaired) electrons. The van der Waals surface area contributed by atoms with E-state index in [1.807, 2.05) is 6.08 Å². The standard InChI is InChI=1S/C65H123NO8/c1-3-5-7-9-11-13-15-17-19-21-23-24-25-26-27-28-29-30-31-32-33-34-35-37-39-41-43-45-47-49-51-53-55-61(69)66-58(57-73-65-64(72)63(71)62(70)60(56-67)74-65)59(68)54-52-50-48-46-44-42-40-38-36-22-20-18-16-14-12-10-8-6-4-2/h26-27,44,46,52,54,58-60,62-65,67-68,70-72H,3-25,28-43,45,47-51,53,55-57H2,1-2H3,(H,66,69)/b27-26-,46-44+,54-52+. The Balaban J connectivity index is 2.14. The number of nitrogens with one attached hydrogen (secondary N) is 1. The van der Waals surface area contributed by atoms with Crippen molar-refractivity contribution in [3.63, 3.8) is 0 Å². The summed E-state index contributed by atoms with van der Waals surface area (Å²) in [6.45, 7) is 3.80. The smallest absolute Gasteiger partial charge is 0.220 e. The van der Waals surface area contributed by atoms with Gasteiger partial charge in [0, 0.05) is 6.42 Å². The highest BCUT2D eigenvalue weighted by Crippen LogP contribution is 2.23. The van der Waals surface area contributed by atoms with Crippen molar-refractivity contribution in [1.82, 2.24) is 5.32 Å². The predicted molar refractivity (Wildman–Crippen MR) is 313 cm³/mol. The minimum Gasteiger partial charge on any atom is -0.394 e. The van der Waals surface area contributed by atoms with E-state index in [-0.39, 0.29) is 12.5 Å². The van der Waals surface area contributed by atoms with Crippen molar-refractivity contribution >= 4 is 5.91 Å². The minimum atomic E-state index is -1.57. The second-order valence-electron chi connectivity index (χ2n) is 22.5. The van der Waals surface area contributed by atoms with Crippen LogP contribution in [0.5, 0.6) is 0 Å². The number of aliphatic hydroxyl groups is 5. The fourth-order valence-corrected chi connectivity index (χ4v) is 10.3. The number of hydrogen-bond acceptors (Lipinski definition) is 8. The van der Waals surface area contributed by atoms with Crippen molar-refractivity contribution in [2.24, 2.45) is 0 Å². The van der Waals surface area contributed by atoms with E-state index in [1.165, 1.54) is 257 Å². The molecule has 436 valence electrons. The summed E-state index contributed by atoms with van der Waals surface area (Å²) in [7, 11) is 0. The Morgan fingerprint density at radius 1 is 0.446 bits per heavy atom. The van der Waals surface area contributed by atoms with E-state index in [9.17, 15) is 30.3 Å². The molecule has 1 saturated heterocycles. The molecule has 9 heteroatoms. The molecular weight excluding hydrogens is 923 g/mol. The molecule has 74 heavy (non-hydrogen) atoms. The van der Waals surface area contributed by atoms with Gasteiger partial charge in [0.15, 0.2) is 6.29 Å². The number of unbranched alkanes of at least 4 members (excludes halogenated alkanes) is 42. The summed E-state index contributed by atoms with van der Waals surface area (Å²) in [6.07, 6.45) is 65.3. The SMILES string of the molecule is CCCCCCCCCCCCCC/C=C\CCCCCCCCCCCCCCCCCCC(=O)NC(COC1OC(CO)C(O)C(O)C1O)C(O)/C=C/CC/C=C/CCCCCCCCCCCCCCC. The summed E-state index contributed by atoms with van der Waals surface area (Å²) in [5.74, 6) is -0.182. The van der Waals surface area contributed by atoms with Gasteiger partial charge in [-0.2, -0.15) is 0 Å². The maximum Gasteiger partial charge on any atom is 0.220 e. The lowest BCUT2D eigenvalue weighted by molar-refractivity contribution is -0.302. The second-order valence-corrected chi connectivity index (χ2v) is 22.5. The number of hydrogen-bond donors (Lipinski definition) is 6. The molecule has 7 unspecified atom stereocenters. The lowest BCUT2D eigenvalue weighted by Gasteiger charge is -2.40. The molecule has 0 aromatic rings. The normalized spacial score (nSPS) is 19.1. The first-order valence-electron chi connectivity index (χ1n) is 32.2. The summed E-state index contributed by atoms with van der Waals surface area (Å²) in [5.41, 5.74) is 0. The molecule has 6 N–H and O–H groups in total. The zero-order valence-corrected chi connectivity index (χ0v) is 48.6. The Bertz CT molecular complexity index is 1260. The molecule has 0 spiro atoms. The van der Waals surface area contributed by atoms with Crippen LogP contribution in [-0.2, 0) is 14.3 Å². The lowest BCUT2D eigenvalue weighted by Crippen LogP contribution is -2.60. The molecule has 0 saturated carbocycles. The topological polar surface area (TPSA) is 149 Å². The largest absolute Gasteiger partial charge is 0.394 e. The number of carbonyl (C=O) groups is 1. The third-order valence-electron chi connectivity index (χ3n) is 15.4. The van der Waals surface area contributed by atoms with Gasteiger partial charge in [-0.1, -0.05) is 288 Å². The molecule has 0 aliphatic carbocycles. The van der Waals surface area contributed by atoms with Gasteiger partial charge in [-0.05, 0) is 57.8 Å². The van der Waals surface area contributed by atoms with Crippen LogP contribution in [0.2, 0.25) is 0 Å². The first-order valence-corrected chi connectivity index (χ1v) is 32.2. The third kappa shape index (κ3) is 43.4. The predicted octanol–water partition coefficient (Wildman–Crippen LogP) is 16.7. The molecule has 0 aromatic heterocycles. The van der Waals surface area contributed by atoms with Crippen LogP contribution in [0.15, 0.2) is 36.5 Å². The number of allylic oxidation sites excluding steroid dienone is 5. The van der Waals surface area contributed by atoms with E-state index in [0.717, 1.165) is 38.5 Å². The van der Waals surface area contributed by atoms with Crippen molar-refractivity contribution in [3.8, 4) is 0 Å². The Morgan fingerprint density at radius 2 is 0.770 bits per heavy atom. The van der Waals surface area contributed by atoms with Crippen LogP contribution in [0, 0.1) is 0 Å². The van der Waals surface area contributed by atoms with Gasteiger partial charge in [-0.3, -0.25) is 4.79 Å². The summed E-state index contributed by atoms with van der Waals surface area (Å²) < 4.78 is 11.3. The monoisotopic (exact) mass is 1050 g/mol. The van der Waals surface area contributed by atoms with Crippen LogP contribution in [-0.4, -0.2) is 87.5 Å². The molecule has 1 amide bonds. The van der Waals surface area contributed by atoms with E-state index in [2.05, 4.69) is 43.5 Å². The number of carbonyl (C=O) groups excluding carboxylic acids is 1. The highest BCUT2D eigenvalue weighted by atomic mass is 16.7. The Labute approximate surface area is 457 Å². The number of ether oxygens (including phenoxy) is 2. The third-order valence-corrected chi connectivity index (χ3v) is 15.4. The van der Waals surface area contributed by atoms with Crippen molar-refractivity contribution < 1.29 is 39.8 Å². The summed E-state index contributed by atoms with van der Waals surface area (Å²) in [4.78, 5) is 13.1. The lowest BCUT2D eigenvalue weighted by atomic mass is 9.99. The van der Waals surface area contributed by atoms with Gasteiger partial charge in [0.2, 0.25) is 5.91 Å². The van der Waals surface area contributed by atoms with E-state index in [0.29, 0.717) is 6.42 Å². The summed E-state index contributed by atoms with van der Waals surface area (Å²) in [5, 5.41) is 54.6. The van der Waals surface area contributed by atoms with Gasteiger partial charge in [0.1, 0.15) is 24.4 Å². The quantitative estimate of drug-likeness (QED) is 0.0261. The van der Waals surface area contributed by atoms with Crippen molar-refractivity contribution in [2.45, 2.75) is 358 Å². The number of aliphatic hydroxyl groups excluding tert-OH is 5. The highest BCUT2D eigenvalue weighted by Gasteiger charge is 2.44. The van der Waals surface area contributed by atoms with Crippen LogP contribution in [0.4, 0.5) is 0 Å². The van der Waals surface area contributed by atoms with Gasteiger partial charge in [0.25, 0.3) is 0 Å². The molecule has 1 fully saturated rings. The fourth-order valence-electron chi connectivity index (χ4n) is 10.3. The molecule has 7 atom stereocenters. The molecule has 1 rings (SSSR count). The van der Waals surface area contributed by atoms with E-state index < -0.39 is 49.5 Å². The average Bonchev–Trinajstić information content (AvgIpc) is 3.40. The molecule has 9 nitrogen and oxygen atoms in total. The zero-order valence-electron chi connectivity index (χ0n) is 48.6. The molecule has 1 aliphatic heterocycles. The fraction of sp³-hybridized carbons (Fsp3) is 0.892. The van der Waals surface area contributed by atoms with Crippen LogP contribution in [0.1, 0.15) is 316 Å². The van der Waals surface area contributed by atoms with E-state index >= 15 is 0 Å². The first kappa shape index (κ1) is 70.4. The molecule has 0 bridgehead atoms. The van der Waals surface area contributed by atoms with Gasteiger partial charge in [0.05, 0.1) is 25.4 Å². The van der Waals surface area contributed by atoms with Gasteiger partial charge < -0.3 is 40.3 Å². The average molecular weight is 1050 g/mol. The Kier molecular flexibility index (Phi) is 52.1. The molecule has 1 aliphatic rings. The number of rotatable bonds is 56. The molecule has 0 aromatic carbocycles. The first-order chi connectivity index (χ1) is 36.3.